The fourth-order valence-corrected chi connectivity index (χ4v) is 3.39. The molecule has 1 aromatic rings. The molecule has 2 rings (SSSR count). The van der Waals surface area contributed by atoms with Crippen molar-refractivity contribution in [2.24, 2.45) is 11.8 Å². The molecule has 1 fully saturated rings. The lowest BCUT2D eigenvalue weighted by atomic mass is 9.84. The summed E-state index contributed by atoms with van der Waals surface area (Å²) in [6, 6.07) is 10.5. The maximum absolute atomic E-state index is 5.77. The van der Waals surface area contributed by atoms with Crippen LogP contribution in [0.2, 0.25) is 0 Å². The van der Waals surface area contributed by atoms with Gasteiger partial charge in [0.05, 0.1) is 12.1 Å². The van der Waals surface area contributed by atoms with E-state index in [-0.39, 0.29) is 12.1 Å². The normalized spacial score (nSPS) is 19.7. The number of ether oxygens (including phenoxy) is 1. The fourth-order valence-electron chi connectivity index (χ4n) is 3.39. The van der Waals surface area contributed by atoms with Crippen molar-refractivity contribution in [3.8, 4) is 0 Å². The molecule has 2 atom stereocenters. The molecular formula is C17H28N2O. The van der Waals surface area contributed by atoms with Crippen molar-refractivity contribution in [1.29, 1.82) is 0 Å². The molecule has 0 bridgehead atoms. The van der Waals surface area contributed by atoms with E-state index in [0.29, 0.717) is 0 Å². The quantitative estimate of drug-likeness (QED) is 0.591. The molecular weight excluding hydrogens is 248 g/mol. The minimum atomic E-state index is 0.0322. The van der Waals surface area contributed by atoms with Gasteiger partial charge in [-0.25, -0.2) is 0 Å². The highest BCUT2D eigenvalue weighted by Gasteiger charge is 2.23. The summed E-state index contributed by atoms with van der Waals surface area (Å²) in [5.74, 6) is 6.65. The zero-order valence-electron chi connectivity index (χ0n) is 12.6. The van der Waals surface area contributed by atoms with Gasteiger partial charge in [-0.15, -0.1) is 0 Å². The minimum absolute atomic E-state index is 0.0322. The highest BCUT2D eigenvalue weighted by atomic mass is 16.5. The van der Waals surface area contributed by atoms with Gasteiger partial charge in [0.15, 0.2) is 0 Å². The Bertz CT molecular complexity index is 363. The molecule has 3 heteroatoms. The third-order valence-electron chi connectivity index (χ3n) is 4.57. The van der Waals surface area contributed by atoms with Crippen LogP contribution >= 0.6 is 0 Å². The smallest absolute Gasteiger partial charge is 0.0987 e. The van der Waals surface area contributed by atoms with E-state index >= 15 is 0 Å². The van der Waals surface area contributed by atoms with Crippen LogP contribution in [0.25, 0.3) is 0 Å². The number of nitrogens with one attached hydrogen (secondary N) is 1. The molecule has 2 unspecified atom stereocenters. The maximum atomic E-state index is 5.77. The lowest BCUT2D eigenvalue weighted by Gasteiger charge is -2.28. The first kappa shape index (κ1) is 15.5. The molecule has 0 spiro atoms. The van der Waals surface area contributed by atoms with Gasteiger partial charge in [0.2, 0.25) is 0 Å². The van der Waals surface area contributed by atoms with Gasteiger partial charge in [0, 0.05) is 7.11 Å². The fraction of sp³-hybridized carbons (Fsp3) is 0.647. The Morgan fingerprint density at radius 3 is 2.50 bits per heavy atom. The number of hydrogen-bond acceptors (Lipinski definition) is 3. The van der Waals surface area contributed by atoms with Gasteiger partial charge in [0.1, 0.15) is 0 Å². The van der Waals surface area contributed by atoms with Gasteiger partial charge in [0.25, 0.3) is 0 Å². The summed E-state index contributed by atoms with van der Waals surface area (Å²) in [5, 5.41) is 0. The summed E-state index contributed by atoms with van der Waals surface area (Å²) >= 11 is 0. The zero-order chi connectivity index (χ0) is 14.2. The van der Waals surface area contributed by atoms with Gasteiger partial charge in [-0.2, -0.15) is 0 Å². The first-order valence-corrected chi connectivity index (χ1v) is 7.89. The van der Waals surface area contributed by atoms with Gasteiger partial charge in [-0.3, -0.25) is 11.3 Å². The highest BCUT2D eigenvalue weighted by Crippen LogP contribution is 2.30. The third-order valence-corrected chi connectivity index (χ3v) is 4.57. The number of hydrazine groups is 1. The molecule has 112 valence electrons. The topological polar surface area (TPSA) is 47.3 Å². The van der Waals surface area contributed by atoms with Crippen molar-refractivity contribution in [2.75, 3.05) is 7.11 Å². The Morgan fingerprint density at radius 2 is 1.90 bits per heavy atom. The lowest BCUT2D eigenvalue weighted by molar-refractivity contribution is 0.0618. The Kier molecular flexibility index (Phi) is 6.51. The van der Waals surface area contributed by atoms with Gasteiger partial charge in [-0.1, -0.05) is 62.4 Å². The van der Waals surface area contributed by atoms with Crippen LogP contribution in [0.15, 0.2) is 30.3 Å². The summed E-state index contributed by atoms with van der Waals surface area (Å²) in [5.41, 5.74) is 4.16. The highest BCUT2D eigenvalue weighted by molar-refractivity contribution is 5.19. The van der Waals surface area contributed by atoms with Crippen LogP contribution in [0.1, 0.15) is 56.6 Å². The Hall–Kier alpha value is -0.900. The molecule has 1 saturated carbocycles. The van der Waals surface area contributed by atoms with E-state index in [2.05, 4.69) is 29.7 Å². The van der Waals surface area contributed by atoms with Crippen LogP contribution in [0.4, 0.5) is 0 Å². The summed E-state index contributed by atoms with van der Waals surface area (Å²) in [4.78, 5) is 0. The van der Waals surface area contributed by atoms with Crippen molar-refractivity contribution in [3.05, 3.63) is 35.9 Å². The molecule has 3 nitrogen and oxygen atoms in total. The molecule has 1 aliphatic rings. The third kappa shape index (κ3) is 4.30. The summed E-state index contributed by atoms with van der Waals surface area (Å²) in [6.07, 6.45) is 9.36. The standard InChI is InChI=1S/C17H28N2O/c1-20-17(15-10-6-3-7-11-15)16(19-18)13-12-14-8-4-2-5-9-14/h3,6-7,10-11,14,16-17,19H,2,4-5,8-9,12-13,18H2,1H3. The zero-order valence-corrected chi connectivity index (χ0v) is 12.6. The van der Waals surface area contributed by atoms with E-state index in [1.807, 2.05) is 6.07 Å². The van der Waals surface area contributed by atoms with Crippen molar-refractivity contribution >= 4 is 0 Å². The first-order valence-electron chi connectivity index (χ1n) is 7.89. The molecule has 3 N–H and O–H groups in total. The van der Waals surface area contributed by atoms with Crippen molar-refractivity contribution in [2.45, 2.75) is 57.1 Å². The van der Waals surface area contributed by atoms with E-state index in [0.717, 1.165) is 12.3 Å². The molecule has 0 amide bonds. The van der Waals surface area contributed by atoms with E-state index < -0.39 is 0 Å². The van der Waals surface area contributed by atoms with Crippen LogP contribution in [0.5, 0.6) is 0 Å². The summed E-state index contributed by atoms with van der Waals surface area (Å²) in [7, 11) is 1.77. The van der Waals surface area contributed by atoms with E-state index in [1.165, 1.54) is 44.1 Å². The Balaban J connectivity index is 1.91. The van der Waals surface area contributed by atoms with E-state index in [9.17, 15) is 0 Å². The number of benzene rings is 1. The molecule has 0 radical (unpaired) electrons. The average molecular weight is 276 g/mol. The molecule has 0 aromatic heterocycles. The van der Waals surface area contributed by atoms with Crippen LogP contribution in [0, 0.1) is 5.92 Å². The monoisotopic (exact) mass is 276 g/mol. The molecule has 1 aliphatic carbocycles. The number of methoxy groups -OCH3 is 1. The van der Waals surface area contributed by atoms with Gasteiger partial charge >= 0.3 is 0 Å². The van der Waals surface area contributed by atoms with Gasteiger partial charge in [-0.05, 0) is 24.3 Å². The maximum Gasteiger partial charge on any atom is 0.0987 e. The first-order chi connectivity index (χ1) is 9.85. The lowest BCUT2D eigenvalue weighted by Crippen LogP contribution is -2.40. The molecule has 0 saturated heterocycles. The average Bonchev–Trinajstić information content (AvgIpc) is 2.53. The number of hydrogen-bond donors (Lipinski definition) is 2. The number of nitrogens with two attached hydrogens (primary N) is 1. The van der Waals surface area contributed by atoms with Gasteiger partial charge < -0.3 is 4.74 Å². The number of rotatable bonds is 7. The molecule has 20 heavy (non-hydrogen) atoms. The predicted octanol–water partition coefficient (Wildman–Crippen LogP) is 3.57. The van der Waals surface area contributed by atoms with Crippen LogP contribution in [-0.2, 0) is 4.74 Å². The molecule has 1 aromatic carbocycles. The second kappa shape index (κ2) is 8.40. The van der Waals surface area contributed by atoms with Crippen LogP contribution < -0.4 is 11.3 Å². The second-order valence-corrected chi connectivity index (χ2v) is 5.92. The SMILES string of the molecule is COC(c1ccccc1)C(CCC1CCCCC1)NN. The second-order valence-electron chi connectivity index (χ2n) is 5.92. The van der Waals surface area contributed by atoms with Crippen molar-refractivity contribution in [1.82, 2.24) is 5.43 Å². The van der Waals surface area contributed by atoms with Crippen molar-refractivity contribution < 1.29 is 4.74 Å². The summed E-state index contributed by atoms with van der Waals surface area (Å²) < 4.78 is 5.69. The predicted molar refractivity (Wildman–Crippen MR) is 83.1 cm³/mol. The van der Waals surface area contributed by atoms with Crippen molar-refractivity contribution in [3.63, 3.8) is 0 Å². The van der Waals surface area contributed by atoms with E-state index in [4.69, 9.17) is 10.6 Å². The Morgan fingerprint density at radius 1 is 1.20 bits per heavy atom. The largest absolute Gasteiger partial charge is 0.375 e. The molecule has 0 aliphatic heterocycles. The van der Waals surface area contributed by atoms with Crippen LogP contribution in [0.3, 0.4) is 0 Å². The van der Waals surface area contributed by atoms with Crippen LogP contribution in [-0.4, -0.2) is 13.2 Å². The van der Waals surface area contributed by atoms with E-state index in [1.54, 1.807) is 7.11 Å². The summed E-state index contributed by atoms with van der Waals surface area (Å²) in [6.45, 7) is 0. The molecule has 0 heterocycles. The Labute approximate surface area is 122 Å². The minimum Gasteiger partial charge on any atom is -0.375 e.